The minimum atomic E-state index is -0.161. The first-order valence-electron chi connectivity index (χ1n) is 9.25. The Labute approximate surface area is 154 Å². The number of likely N-dealkylation sites (tertiary alicyclic amines) is 1. The van der Waals surface area contributed by atoms with Crippen molar-refractivity contribution in [3.8, 4) is 0 Å². The molecular weight excluding hydrogens is 336 g/mol. The van der Waals surface area contributed by atoms with Crippen LogP contribution >= 0.6 is 11.6 Å². The summed E-state index contributed by atoms with van der Waals surface area (Å²) in [7, 11) is 0. The van der Waals surface area contributed by atoms with Crippen molar-refractivity contribution in [3.05, 3.63) is 40.5 Å². The number of rotatable bonds is 7. The maximum absolute atomic E-state index is 13.0. The molecule has 0 unspecified atom stereocenters. The van der Waals surface area contributed by atoms with Crippen molar-refractivity contribution in [3.63, 3.8) is 0 Å². The summed E-state index contributed by atoms with van der Waals surface area (Å²) < 4.78 is 0. The fourth-order valence-corrected chi connectivity index (χ4v) is 3.70. The van der Waals surface area contributed by atoms with Gasteiger partial charge in [0.1, 0.15) is 5.70 Å². The summed E-state index contributed by atoms with van der Waals surface area (Å²) in [4.78, 5) is 29.5. The van der Waals surface area contributed by atoms with E-state index in [9.17, 15) is 9.59 Å². The van der Waals surface area contributed by atoms with E-state index in [2.05, 4.69) is 11.8 Å². The molecule has 0 radical (unpaired) electrons. The second-order valence-electron chi connectivity index (χ2n) is 6.75. The Balaban J connectivity index is 1.89. The molecule has 2 amide bonds. The summed E-state index contributed by atoms with van der Waals surface area (Å²) in [5, 5.41) is 0.625. The van der Waals surface area contributed by atoms with Gasteiger partial charge in [0.2, 0.25) is 0 Å². The molecule has 5 heteroatoms. The minimum absolute atomic E-state index is 0.131. The van der Waals surface area contributed by atoms with Gasteiger partial charge < -0.3 is 4.90 Å². The number of carbonyl (C=O) groups is 2. The van der Waals surface area contributed by atoms with Crippen molar-refractivity contribution in [1.29, 1.82) is 0 Å². The van der Waals surface area contributed by atoms with E-state index in [1.807, 2.05) is 12.1 Å². The molecule has 1 aromatic rings. The van der Waals surface area contributed by atoms with Crippen LogP contribution in [0.5, 0.6) is 0 Å². The quantitative estimate of drug-likeness (QED) is 0.543. The van der Waals surface area contributed by atoms with Crippen molar-refractivity contribution in [1.82, 2.24) is 9.80 Å². The largest absolute Gasteiger partial charge is 0.366 e. The van der Waals surface area contributed by atoms with Crippen molar-refractivity contribution in [2.45, 2.75) is 45.4 Å². The van der Waals surface area contributed by atoms with E-state index in [1.165, 1.54) is 4.90 Å². The van der Waals surface area contributed by atoms with Gasteiger partial charge >= 0.3 is 0 Å². The van der Waals surface area contributed by atoms with Gasteiger partial charge in [0.15, 0.2) is 0 Å². The zero-order chi connectivity index (χ0) is 17.8. The average molecular weight is 361 g/mol. The van der Waals surface area contributed by atoms with E-state index in [0.717, 1.165) is 57.2 Å². The first kappa shape index (κ1) is 18.0. The summed E-state index contributed by atoms with van der Waals surface area (Å²) in [6, 6.07) is 7.21. The number of benzene rings is 1. The average Bonchev–Trinajstić information content (AvgIpc) is 3.21. The molecule has 1 saturated heterocycles. The van der Waals surface area contributed by atoms with Gasteiger partial charge in [-0.3, -0.25) is 14.5 Å². The predicted molar refractivity (Wildman–Crippen MR) is 100 cm³/mol. The molecule has 0 bridgehead atoms. The van der Waals surface area contributed by atoms with Crippen LogP contribution in [0.15, 0.2) is 30.0 Å². The normalized spacial score (nSPS) is 18.0. The molecule has 4 nitrogen and oxygen atoms in total. The SMILES string of the molecule is CCCCCCN1C(=O)C(c2ccc(Cl)cc2)=C(N2CCCC2)C1=O. The lowest BCUT2D eigenvalue weighted by Gasteiger charge is -2.20. The molecular formula is C20H25ClN2O2. The Kier molecular flexibility index (Phi) is 5.79. The van der Waals surface area contributed by atoms with Crippen LogP contribution in [0.2, 0.25) is 5.02 Å². The van der Waals surface area contributed by atoms with Crippen LogP contribution in [-0.2, 0) is 9.59 Å². The molecule has 134 valence electrons. The number of amides is 2. The molecule has 1 aromatic carbocycles. The Morgan fingerprint density at radius 1 is 0.960 bits per heavy atom. The second kappa shape index (κ2) is 8.05. The fourth-order valence-electron chi connectivity index (χ4n) is 3.57. The van der Waals surface area contributed by atoms with E-state index >= 15 is 0 Å². The summed E-state index contributed by atoms with van der Waals surface area (Å²) in [6.07, 6.45) is 6.31. The lowest BCUT2D eigenvalue weighted by Crippen LogP contribution is -2.35. The lowest BCUT2D eigenvalue weighted by molar-refractivity contribution is -0.137. The van der Waals surface area contributed by atoms with E-state index in [0.29, 0.717) is 22.8 Å². The van der Waals surface area contributed by atoms with Gasteiger partial charge in [-0.05, 0) is 37.0 Å². The number of imide groups is 1. The molecule has 0 atom stereocenters. The van der Waals surface area contributed by atoms with Gasteiger partial charge in [0, 0.05) is 24.7 Å². The predicted octanol–water partition coefficient (Wildman–Crippen LogP) is 4.10. The zero-order valence-corrected chi connectivity index (χ0v) is 15.5. The molecule has 2 aliphatic rings. The summed E-state index contributed by atoms with van der Waals surface area (Å²) in [5.41, 5.74) is 1.90. The maximum Gasteiger partial charge on any atom is 0.277 e. The number of hydrogen-bond acceptors (Lipinski definition) is 3. The molecule has 2 heterocycles. The highest BCUT2D eigenvalue weighted by atomic mass is 35.5. The topological polar surface area (TPSA) is 40.6 Å². The zero-order valence-electron chi connectivity index (χ0n) is 14.8. The van der Waals surface area contributed by atoms with Gasteiger partial charge in [-0.15, -0.1) is 0 Å². The Hall–Kier alpha value is -1.81. The van der Waals surface area contributed by atoms with Crippen LogP contribution in [0.25, 0.3) is 5.57 Å². The number of hydrogen-bond donors (Lipinski definition) is 0. The lowest BCUT2D eigenvalue weighted by atomic mass is 10.0. The van der Waals surface area contributed by atoms with E-state index in [1.54, 1.807) is 12.1 Å². The monoisotopic (exact) mass is 360 g/mol. The molecule has 1 fully saturated rings. The highest BCUT2D eigenvalue weighted by Gasteiger charge is 2.41. The fraction of sp³-hybridized carbons (Fsp3) is 0.500. The van der Waals surface area contributed by atoms with Gasteiger partial charge in [-0.2, -0.15) is 0 Å². The van der Waals surface area contributed by atoms with Crippen molar-refractivity contribution >= 4 is 29.0 Å². The van der Waals surface area contributed by atoms with Gasteiger partial charge in [0.05, 0.1) is 5.57 Å². The third kappa shape index (κ3) is 3.74. The first-order valence-corrected chi connectivity index (χ1v) is 9.62. The van der Waals surface area contributed by atoms with Crippen LogP contribution in [0, 0.1) is 0 Å². The molecule has 0 aliphatic carbocycles. The summed E-state index contributed by atoms with van der Waals surface area (Å²) in [5.74, 6) is -0.293. The first-order chi connectivity index (χ1) is 12.1. The molecule has 25 heavy (non-hydrogen) atoms. The van der Waals surface area contributed by atoms with E-state index < -0.39 is 0 Å². The van der Waals surface area contributed by atoms with Crippen molar-refractivity contribution in [2.24, 2.45) is 0 Å². The number of carbonyl (C=O) groups excluding carboxylic acids is 2. The van der Waals surface area contributed by atoms with Crippen LogP contribution in [0.3, 0.4) is 0 Å². The molecule has 0 N–H and O–H groups in total. The Morgan fingerprint density at radius 3 is 2.28 bits per heavy atom. The highest BCUT2D eigenvalue weighted by molar-refractivity contribution is 6.36. The Morgan fingerprint density at radius 2 is 1.64 bits per heavy atom. The molecule has 0 aromatic heterocycles. The van der Waals surface area contributed by atoms with E-state index in [4.69, 9.17) is 11.6 Å². The van der Waals surface area contributed by atoms with Crippen molar-refractivity contribution in [2.75, 3.05) is 19.6 Å². The highest BCUT2D eigenvalue weighted by Crippen LogP contribution is 2.34. The second-order valence-corrected chi connectivity index (χ2v) is 7.18. The number of unbranched alkanes of at least 4 members (excludes halogenated alkanes) is 3. The standard InChI is InChI=1S/C20H25ClN2O2/c1-2-3-4-5-14-23-19(24)17(15-8-10-16(21)11-9-15)18(20(23)25)22-12-6-7-13-22/h8-11H,2-7,12-14H2,1H3. The molecule has 0 saturated carbocycles. The smallest absolute Gasteiger partial charge is 0.277 e. The van der Waals surface area contributed by atoms with Crippen LogP contribution in [0.1, 0.15) is 51.0 Å². The minimum Gasteiger partial charge on any atom is -0.366 e. The maximum atomic E-state index is 13.0. The third-order valence-electron chi connectivity index (χ3n) is 4.93. The van der Waals surface area contributed by atoms with Crippen LogP contribution in [0.4, 0.5) is 0 Å². The van der Waals surface area contributed by atoms with Gasteiger partial charge in [0.25, 0.3) is 11.8 Å². The van der Waals surface area contributed by atoms with Gasteiger partial charge in [-0.25, -0.2) is 0 Å². The molecule has 3 rings (SSSR count). The third-order valence-corrected chi connectivity index (χ3v) is 5.19. The van der Waals surface area contributed by atoms with E-state index in [-0.39, 0.29) is 11.8 Å². The molecule has 2 aliphatic heterocycles. The van der Waals surface area contributed by atoms with Gasteiger partial charge in [-0.1, -0.05) is 49.9 Å². The number of halogens is 1. The summed E-state index contributed by atoms with van der Waals surface area (Å²) >= 11 is 5.99. The molecule has 0 spiro atoms. The van der Waals surface area contributed by atoms with Crippen LogP contribution in [-0.4, -0.2) is 41.2 Å². The van der Waals surface area contributed by atoms with Crippen molar-refractivity contribution < 1.29 is 9.59 Å². The Bertz CT molecular complexity index is 675. The van der Waals surface area contributed by atoms with Crippen LogP contribution < -0.4 is 0 Å². The number of nitrogens with zero attached hydrogens (tertiary/aromatic N) is 2. The summed E-state index contributed by atoms with van der Waals surface area (Å²) in [6.45, 7) is 4.34.